The van der Waals surface area contributed by atoms with Crippen LogP contribution in [-0.2, 0) is 28.6 Å². The Bertz CT molecular complexity index is 2310. The van der Waals surface area contributed by atoms with Crippen LogP contribution in [0.4, 0.5) is 0 Å². The molecule has 1 aromatic carbocycles. The van der Waals surface area contributed by atoms with Crippen LogP contribution >= 0.6 is 0 Å². The SMILES string of the molecule is C/C1=C/C=C/[C@H](C)[C@H](O)[C@@H](C)C(O)[C@@H](C)[C@H](OC(=O)C(C)C(=O)OC2CCN(C)C2)CC/C=C/OC2(C)Oc3c(C)c(O)c4c(c3C2O)C2=NC3(CCN(CC(C)C)CC3)NC2=C(NC1=O)C4=O. The minimum Gasteiger partial charge on any atom is -0.507 e. The van der Waals surface area contributed by atoms with Gasteiger partial charge in [-0.15, -0.1) is 0 Å². The molecule has 10 atom stereocenters. The number of fused-ring (bicyclic) bond motifs is 13. The van der Waals surface area contributed by atoms with E-state index >= 15 is 0 Å². The molecule has 1 amide bonds. The Kier molecular flexibility index (Phi) is 15.0. The van der Waals surface area contributed by atoms with Gasteiger partial charge in [0.1, 0.15) is 35.1 Å². The zero-order chi connectivity index (χ0) is 49.6. The molecule has 2 saturated heterocycles. The van der Waals surface area contributed by atoms with Crippen LogP contribution in [0.3, 0.4) is 0 Å². The number of phenolic OH excluding ortho intramolecular Hbond substituents is 1. The highest BCUT2D eigenvalue weighted by molar-refractivity contribution is 6.31. The van der Waals surface area contributed by atoms with Gasteiger partial charge in [0.15, 0.2) is 12.0 Å². The maximum absolute atomic E-state index is 14.8. The molecule has 1 aliphatic carbocycles. The van der Waals surface area contributed by atoms with Crippen molar-refractivity contribution in [3.8, 4) is 11.5 Å². The number of Topliss-reactive ketones (excluding diaryl/α,β-unsaturated/α-hetero) is 1. The van der Waals surface area contributed by atoms with Gasteiger partial charge in [-0.3, -0.25) is 24.2 Å². The Hall–Kier alpha value is -5.07. The number of ether oxygens (including phenoxy) is 4. The summed E-state index contributed by atoms with van der Waals surface area (Å²) in [5.74, 6) is -7.50. The van der Waals surface area contributed by atoms with Crippen LogP contribution in [-0.4, -0.2) is 135 Å². The largest absolute Gasteiger partial charge is 0.507 e. The van der Waals surface area contributed by atoms with Crippen molar-refractivity contribution < 1.29 is 58.6 Å². The number of hydrogen-bond acceptors (Lipinski definition) is 16. The second-order valence-corrected chi connectivity index (χ2v) is 20.5. The number of aliphatic hydroxyl groups excluding tert-OH is 3. The second kappa shape index (κ2) is 20.1. The van der Waals surface area contributed by atoms with Gasteiger partial charge in [-0.25, -0.2) is 0 Å². The predicted molar refractivity (Wildman–Crippen MR) is 252 cm³/mol. The lowest BCUT2D eigenvalue weighted by molar-refractivity contribution is -0.180. The topological polar surface area (TPSA) is 229 Å². The van der Waals surface area contributed by atoms with E-state index in [2.05, 4.69) is 29.4 Å². The number of benzene rings is 1. The number of ketones is 1. The predicted octanol–water partition coefficient (Wildman–Crippen LogP) is 4.46. The van der Waals surface area contributed by atoms with Crippen LogP contribution in [0, 0.1) is 36.5 Å². The number of carbonyl (C=O) groups excluding carboxylic acids is 4. The Balaban J connectivity index is 1.24. The molecule has 6 aliphatic heterocycles. The van der Waals surface area contributed by atoms with Crippen molar-refractivity contribution in [2.45, 2.75) is 136 Å². The number of hydrogen-bond donors (Lipinski definition) is 6. The third kappa shape index (κ3) is 10.0. The van der Waals surface area contributed by atoms with Crippen LogP contribution < -0.4 is 15.4 Å². The molecule has 5 unspecified atom stereocenters. The Labute approximate surface area is 399 Å². The summed E-state index contributed by atoms with van der Waals surface area (Å²) < 4.78 is 24.2. The third-order valence-electron chi connectivity index (χ3n) is 14.7. The smallest absolute Gasteiger partial charge is 0.320 e. The van der Waals surface area contributed by atoms with Crippen molar-refractivity contribution in [2.75, 3.05) is 39.8 Å². The van der Waals surface area contributed by atoms with E-state index in [1.807, 2.05) is 11.9 Å². The number of likely N-dealkylation sites (N-methyl/N-ethyl adjacent to an activating group) is 1. The Morgan fingerprint density at radius 1 is 0.956 bits per heavy atom. The van der Waals surface area contributed by atoms with Gasteiger partial charge in [0.25, 0.3) is 11.7 Å². The second-order valence-electron chi connectivity index (χ2n) is 20.5. The molecule has 372 valence electrons. The molecule has 0 radical (unpaired) electrons. The number of aliphatic hydroxyl groups is 3. The van der Waals surface area contributed by atoms with E-state index < -0.39 is 83.2 Å². The molecule has 7 aliphatic rings. The molecule has 2 fully saturated rings. The van der Waals surface area contributed by atoms with Crippen LogP contribution in [0.15, 0.2) is 52.5 Å². The third-order valence-corrected chi connectivity index (χ3v) is 14.7. The molecule has 1 aromatic rings. The summed E-state index contributed by atoms with van der Waals surface area (Å²) in [4.78, 5) is 65.1. The van der Waals surface area contributed by atoms with E-state index in [1.54, 1.807) is 58.9 Å². The first-order valence-corrected chi connectivity index (χ1v) is 24.2. The summed E-state index contributed by atoms with van der Waals surface area (Å²) in [5, 5.41) is 53.7. The summed E-state index contributed by atoms with van der Waals surface area (Å²) >= 11 is 0. The fourth-order valence-corrected chi connectivity index (χ4v) is 10.2. The van der Waals surface area contributed by atoms with Gasteiger partial charge in [-0.2, -0.15) is 0 Å². The lowest BCUT2D eigenvalue weighted by Crippen LogP contribution is -2.50. The zero-order valence-electron chi connectivity index (χ0n) is 41.1. The minimum absolute atomic E-state index is 0.0878. The molecule has 68 heavy (non-hydrogen) atoms. The molecule has 0 saturated carbocycles. The first kappa shape index (κ1) is 50.8. The first-order valence-electron chi connectivity index (χ1n) is 24.2. The highest BCUT2D eigenvalue weighted by atomic mass is 16.7. The lowest BCUT2D eigenvalue weighted by Gasteiger charge is -2.38. The van der Waals surface area contributed by atoms with Crippen LogP contribution in [0.1, 0.15) is 121 Å². The molecule has 17 heteroatoms. The number of aromatic hydroxyl groups is 1. The molecular weight excluding hydrogens is 875 g/mol. The number of esters is 2. The van der Waals surface area contributed by atoms with E-state index in [0.29, 0.717) is 37.4 Å². The average Bonchev–Trinajstić information content (AvgIpc) is 3.96. The highest BCUT2D eigenvalue weighted by Crippen LogP contribution is 2.54. The van der Waals surface area contributed by atoms with E-state index in [4.69, 9.17) is 23.9 Å². The lowest BCUT2D eigenvalue weighted by atomic mass is 9.81. The fourth-order valence-electron chi connectivity index (χ4n) is 10.2. The molecule has 6 heterocycles. The van der Waals surface area contributed by atoms with Crippen molar-refractivity contribution in [3.63, 3.8) is 0 Å². The number of amides is 1. The minimum atomic E-state index is -1.76. The van der Waals surface area contributed by atoms with Crippen molar-refractivity contribution in [2.24, 2.45) is 34.6 Å². The number of carbonyl (C=O) groups is 4. The summed E-state index contributed by atoms with van der Waals surface area (Å²) in [6.45, 7) is 19.3. The number of nitrogens with zero attached hydrogens (tertiary/aromatic N) is 3. The maximum Gasteiger partial charge on any atom is 0.320 e. The average molecular weight is 946 g/mol. The number of piperidine rings is 1. The number of rotatable bonds is 6. The molecular formula is C51H71N5O12. The number of aliphatic imine (C=N–C) groups is 1. The fraction of sp³-hybridized carbons (Fsp3) is 0.627. The number of phenols is 1. The van der Waals surface area contributed by atoms with Gasteiger partial charge in [0, 0.05) is 92.5 Å². The van der Waals surface area contributed by atoms with Gasteiger partial charge in [0.2, 0.25) is 5.78 Å². The number of nitrogens with one attached hydrogen (secondary N) is 2. The highest BCUT2D eigenvalue weighted by Gasteiger charge is 2.54. The maximum atomic E-state index is 14.8. The summed E-state index contributed by atoms with van der Waals surface area (Å²) in [5.41, 5.74) is 0.342. The normalized spacial score (nSPS) is 33.4. The summed E-state index contributed by atoms with van der Waals surface area (Å²) in [7, 11) is 1.93. The quantitative estimate of drug-likeness (QED) is 0.171. The monoisotopic (exact) mass is 946 g/mol. The van der Waals surface area contributed by atoms with E-state index in [9.17, 15) is 39.6 Å². The Morgan fingerprint density at radius 3 is 2.31 bits per heavy atom. The molecule has 1 spiro atoms. The summed E-state index contributed by atoms with van der Waals surface area (Å²) in [6, 6.07) is 0. The van der Waals surface area contributed by atoms with Crippen LogP contribution in [0.5, 0.6) is 11.5 Å². The molecule has 0 aromatic heterocycles. The van der Waals surface area contributed by atoms with Gasteiger partial charge in [-0.1, -0.05) is 52.8 Å². The van der Waals surface area contributed by atoms with E-state index in [1.165, 1.54) is 20.1 Å². The van der Waals surface area contributed by atoms with E-state index in [0.717, 1.165) is 26.2 Å². The van der Waals surface area contributed by atoms with Gasteiger partial charge >= 0.3 is 11.9 Å². The first-order chi connectivity index (χ1) is 32.1. The van der Waals surface area contributed by atoms with Crippen LogP contribution in [0.2, 0.25) is 0 Å². The molecule has 17 nitrogen and oxygen atoms in total. The van der Waals surface area contributed by atoms with Crippen molar-refractivity contribution >= 4 is 29.3 Å². The van der Waals surface area contributed by atoms with Crippen molar-refractivity contribution in [1.29, 1.82) is 0 Å². The number of allylic oxidation sites excluding steroid dienone is 5. The Morgan fingerprint density at radius 2 is 1.65 bits per heavy atom. The van der Waals surface area contributed by atoms with Gasteiger partial charge in [0.05, 0.1) is 35.4 Å². The summed E-state index contributed by atoms with van der Waals surface area (Å²) in [6.07, 6.45) is 5.16. The number of likely N-dealkylation sites (tertiary alicyclic amines) is 2. The standard InChI is InChI=1S/C51H71N5O12/c1-26(2)24-56-21-18-51(19-22-56)53-38-35-36-43(59)31(7)45-37(35)46(61)50(9,68-45)65-23-12-11-16-34(67-49(64)32(8)48(63)66-33-17-20-55(10)25-33)29(5)42(58)30(6)41(57)27(3)14-13-15-28(4)47(62)52-40(44(36)60)39(38)54-51/h12-15,23,26-27,29-30,32-34,41-42,46,54,57-59,61H,11,16-22,24-25H2,1-10H3,(H,52,62)/b14-13+,23-12+,28-15-/t27-,29-,30+,32?,33?,34+,41-,42?,46?,50?/m0/s1. The van der Waals surface area contributed by atoms with Crippen molar-refractivity contribution in [1.82, 2.24) is 20.4 Å². The molecule has 8 rings (SSSR count). The zero-order valence-corrected chi connectivity index (χ0v) is 41.1. The van der Waals surface area contributed by atoms with Crippen LogP contribution in [0.25, 0.3) is 0 Å². The van der Waals surface area contributed by atoms with Crippen molar-refractivity contribution in [3.05, 3.63) is 69.8 Å². The van der Waals surface area contributed by atoms with Gasteiger partial charge < -0.3 is 59.8 Å². The molecule has 6 N–H and O–H groups in total. The molecule has 5 bridgehead atoms. The van der Waals surface area contributed by atoms with Gasteiger partial charge in [-0.05, 0) is 59.1 Å². The van der Waals surface area contributed by atoms with E-state index in [-0.39, 0.29) is 69.7 Å².